The van der Waals surface area contributed by atoms with Crippen LogP contribution in [0, 0.1) is 11.6 Å². The Labute approximate surface area is 190 Å². The number of hydrogen-bond acceptors (Lipinski definition) is 5. The molecule has 8 heteroatoms. The van der Waals surface area contributed by atoms with E-state index in [1.54, 1.807) is 12.1 Å². The van der Waals surface area contributed by atoms with Gasteiger partial charge in [-0.05, 0) is 48.2 Å². The first-order valence-corrected chi connectivity index (χ1v) is 11.7. The number of carbonyl (C=O) groups is 1. The van der Waals surface area contributed by atoms with Crippen LogP contribution in [0.15, 0.2) is 48.5 Å². The molecule has 0 aliphatic heterocycles. The minimum atomic E-state index is -0.308. The highest BCUT2D eigenvalue weighted by Gasteiger charge is 2.23. The molecule has 0 saturated heterocycles. The average Bonchev–Trinajstić information content (AvgIpc) is 3.29. The molecule has 3 aromatic rings. The third kappa shape index (κ3) is 6.17. The number of benzene rings is 2. The highest BCUT2D eigenvalue weighted by Crippen LogP contribution is 2.26. The molecular weight excluding hydrogens is 430 g/mol. The summed E-state index contributed by atoms with van der Waals surface area (Å²) in [5.74, 6) is -0.837. The van der Waals surface area contributed by atoms with Crippen molar-refractivity contribution < 1.29 is 13.6 Å². The van der Waals surface area contributed by atoms with E-state index < -0.39 is 0 Å². The van der Waals surface area contributed by atoms with E-state index in [1.807, 2.05) is 12.1 Å². The van der Waals surface area contributed by atoms with Crippen LogP contribution in [0.1, 0.15) is 58.0 Å². The van der Waals surface area contributed by atoms with Crippen molar-refractivity contribution in [1.29, 1.82) is 0 Å². The van der Waals surface area contributed by atoms with Gasteiger partial charge in [0, 0.05) is 19.1 Å². The number of nitrogens with one attached hydrogen (secondary N) is 1. The number of carbonyl (C=O) groups excluding carboxylic acids is 1. The maximum atomic E-state index is 13.3. The summed E-state index contributed by atoms with van der Waals surface area (Å²) in [6.45, 7) is 1.61. The second-order valence-corrected chi connectivity index (χ2v) is 9.20. The largest absolute Gasteiger partial charge is 0.346 e. The fourth-order valence-corrected chi connectivity index (χ4v) is 4.81. The van der Waals surface area contributed by atoms with Gasteiger partial charge in [-0.2, -0.15) is 0 Å². The molecule has 0 unspecified atom stereocenters. The van der Waals surface area contributed by atoms with E-state index in [4.69, 9.17) is 0 Å². The van der Waals surface area contributed by atoms with E-state index in [-0.39, 0.29) is 17.5 Å². The van der Waals surface area contributed by atoms with Gasteiger partial charge in [0.1, 0.15) is 16.6 Å². The van der Waals surface area contributed by atoms with Gasteiger partial charge in [0.05, 0.1) is 6.54 Å². The molecule has 168 valence electrons. The summed E-state index contributed by atoms with van der Waals surface area (Å²) >= 11 is 1.29. The number of hydrogen-bond donors (Lipinski definition) is 1. The van der Waals surface area contributed by atoms with Gasteiger partial charge in [-0.1, -0.05) is 54.9 Å². The van der Waals surface area contributed by atoms with Crippen LogP contribution in [0.3, 0.4) is 0 Å². The van der Waals surface area contributed by atoms with Gasteiger partial charge in [0.2, 0.25) is 5.01 Å². The maximum Gasteiger partial charge on any atom is 0.282 e. The highest BCUT2D eigenvalue weighted by atomic mass is 32.1. The molecule has 32 heavy (non-hydrogen) atoms. The van der Waals surface area contributed by atoms with Gasteiger partial charge < -0.3 is 5.32 Å². The molecule has 1 fully saturated rings. The zero-order chi connectivity index (χ0) is 22.3. The van der Waals surface area contributed by atoms with Crippen LogP contribution in [0.25, 0.3) is 0 Å². The van der Waals surface area contributed by atoms with Crippen molar-refractivity contribution in [2.24, 2.45) is 0 Å². The molecule has 4 rings (SSSR count). The van der Waals surface area contributed by atoms with Crippen molar-refractivity contribution in [1.82, 2.24) is 20.4 Å². The third-order valence-corrected chi connectivity index (χ3v) is 6.66. The summed E-state index contributed by atoms with van der Waals surface area (Å²) in [5, 5.41) is 12.2. The van der Waals surface area contributed by atoms with E-state index in [0.29, 0.717) is 30.7 Å². The Morgan fingerprint density at radius 1 is 0.906 bits per heavy atom. The normalized spacial score (nSPS) is 14.6. The van der Waals surface area contributed by atoms with E-state index in [9.17, 15) is 13.6 Å². The predicted octanol–water partition coefficient (Wildman–Crippen LogP) is 5.08. The molecule has 0 atom stereocenters. The Morgan fingerprint density at radius 2 is 1.53 bits per heavy atom. The first-order valence-electron chi connectivity index (χ1n) is 10.9. The second kappa shape index (κ2) is 10.7. The lowest BCUT2D eigenvalue weighted by molar-refractivity contribution is 0.0950. The standard InChI is InChI=1S/C24H26F2N4OS/c25-19-10-6-17(7-11-19)14-27-23(31)24-29-28-22(32-24)16-30(21-4-2-1-3-5-21)15-18-8-12-20(26)13-9-18/h6-13,21H,1-5,14-16H2,(H,27,31). The zero-order valence-electron chi connectivity index (χ0n) is 17.8. The SMILES string of the molecule is O=C(NCc1ccc(F)cc1)c1nnc(CN(Cc2ccc(F)cc2)C2CCCCC2)s1. The molecule has 2 aromatic carbocycles. The molecule has 0 radical (unpaired) electrons. The number of aromatic nitrogens is 2. The summed E-state index contributed by atoms with van der Waals surface area (Å²) in [6, 6.07) is 13.1. The molecule has 0 bridgehead atoms. The van der Waals surface area contributed by atoms with Crippen molar-refractivity contribution in [2.45, 2.75) is 57.8 Å². The Morgan fingerprint density at radius 3 is 2.19 bits per heavy atom. The Kier molecular flexibility index (Phi) is 7.55. The van der Waals surface area contributed by atoms with E-state index in [1.165, 1.54) is 54.9 Å². The van der Waals surface area contributed by atoms with Crippen molar-refractivity contribution in [3.05, 3.63) is 81.3 Å². The monoisotopic (exact) mass is 456 g/mol. The summed E-state index contributed by atoms with van der Waals surface area (Å²) in [4.78, 5) is 14.9. The van der Waals surface area contributed by atoms with Crippen LogP contribution in [0.5, 0.6) is 0 Å². The molecule has 5 nitrogen and oxygen atoms in total. The van der Waals surface area contributed by atoms with Gasteiger partial charge in [-0.3, -0.25) is 9.69 Å². The number of halogens is 2. The van der Waals surface area contributed by atoms with E-state index >= 15 is 0 Å². The van der Waals surface area contributed by atoms with Crippen molar-refractivity contribution >= 4 is 17.2 Å². The topological polar surface area (TPSA) is 58.1 Å². The Balaban J connectivity index is 1.40. The maximum absolute atomic E-state index is 13.3. The van der Waals surface area contributed by atoms with Gasteiger partial charge in [-0.15, -0.1) is 10.2 Å². The zero-order valence-corrected chi connectivity index (χ0v) is 18.6. The predicted molar refractivity (Wildman–Crippen MR) is 120 cm³/mol. The lowest BCUT2D eigenvalue weighted by Crippen LogP contribution is -2.35. The number of amides is 1. The van der Waals surface area contributed by atoms with Crippen LogP contribution < -0.4 is 5.32 Å². The molecule has 1 amide bonds. The van der Waals surface area contributed by atoms with Gasteiger partial charge >= 0.3 is 0 Å². The molecule has 0 spiro atoms. The molecule has 1 aliphatic carbocycles. The summed E-state index contributed by atoms with van der Waals surface area (Å²) in [6.07, 6.45) is 5.93. The van der Waals surface area contributed by atoms with Crippen molar-refractivity contribution in [2.75, 3.05) is 0 Å². The first kappa shape index (κ1) is 22.5. The first-order chi connectivity index (χ1) is 15.6. The summed E-state index contributed by atoms with van der Waals surface area (Å²) in [7, 11) is 0. The van der Waals surface area contributed by atoms with Crippen molar-refractivity contribution in [3.8, 4) is 0 Å². The quantitative estimate of drug-likeness (QED) is 0.514. The van der Waals surface area contributed by atoms with E-state index in [2.05, 4.69) is 20.4 Å². The second-order valence-electron chi connectivity index (χ2n) is 8.13. The highest BCUT2D eigenvalue weighted by molar-refractivity contribution is 7.13. The molecular formula is C24H26F2N4OS. The Bertz CT molecular complexity index is 1020. The van der Waals surface area contributed by atoms with Crippen molar-refractivity contribution in [3.63, 3.8) is 0 Å². The lowest BCUT2D eigenvalue weighted by atomic mass is 9.94. The average molecular weight is 457 g/mol. The van der Waals surface area contributed by atoms with Gasteiger partial charge in [-0.25, -0.2) is 8.78 Å². The van der Waals surface area contributed by atoms with Crippen LogP contribution in [0.2, 0.25) is 0 Å². The van der Waals surface area contributed by atoms with Gasteiger partial charge in [0.15, 0.2) is 0 Å². The van der Waals surface area contributed by atoms with Crippen LogP contribution in [-0.4, -0.2) is 27.0 Å². The summed E-state index contributed by atoms with van der Waals surface area (Å²) in [5.41, 5.74) is 1.87. The van der Waals surface area contributed by atoms with Crippen LogP contribution in [0.4, 0.5) is 8.78 Å². The van der Waals surface area contributed by atoms with Crippen LogP contribution >= 0.6 is 11.3 Å². The summed E-state index contributed by atoms with van der Waals surface area (Å²) < 4.78 is 26.3. The molecule has 1 aliphatic rings. The molecule has 1 aromatic heterocycles. The minimum absolute atomic E-state index is 0.238. The Hall–Kier alpha value is -2.71. The van der Waals surface area contributed by atoms with Crippen LogP contribution in [-0.2, 0) is 19.6 Å². The minimum Gasteiger partial charge on any atom is -0.346 e. The third-order valence-electron chi connectivity index (χ3n) is 5.76. The molecule has 1 saturated carbocycles. The molecule has 1 N–H and O–H groups in total. The fourth-order valence-electron chi connectivity index (χ4n) is 4.03. The molecule has 1 heterocycles. The van der Waals surface area contributed by atoms with Gasteiger partial charge in [0.25, 0.3) is 5.91 Å². The number of nitrogens with zero attached hydrogens (tertiary/aromatic N) is 3. The lowest BCUT2D eigenvalue weighted by Gasteiger charge is -2.33. The fraction of sp³-hybridized carbons (Fsp3) is 0.375. The smallest absolute Gasteiger partial charge is 0.282 e. The van der Waals surface area contributed by atoms with E-state index in [0.717, 1.165) is 29.0 Å². The number of rotatable bonds is 8.